The molecular formula is C16H16ClN3O6S. The van der Waals surface area contributed by atoms with Crippen molar-refractivity contribution in [2.24, 2.45) is 0 Å². The smallest absolute Gasteiger partial charge is 0.323 e. The second kappa shape index (κ2) is 8.23. The summed E-state index contributed by atoms with van der Waals surface area (Å²) in [7, 11) is 1.34. The Morgan fingerprint density at radius 2 is 1.93 bits per heavy atom. The molecule has 0 heterocycles. The second-order valence-corrected chi connectivity index (χ2v) is 7.93. The van der Waals surface area contributed by atoms with Crippen molar-refractivity contribution in [3.05, 3.63) is 52.1 Å². The van der Waals surface area contributed by atoms with Crippen LogP contribution in [0.25, 0.3) is 0 Å². The summed E-state index contributed by atoms with van der Waals surface area (Å²) in [6.07, 6.45) is 0. The standard InChI is InChI=1S/C16H16ClN3O6S/c1-3-26-15-7-5-12(27(17,24)25)9-13(15)19-16(21)18-11-4-6-14(20(22)23)10(2)8-11/h4-9H,3H2,1-2H3,(H2,18,19,21). The number of hydrogen-bond acceptors (Lipinski definition) is 6. The van der Waals surface area contributed by atoms with Crippen LogP contribution in [0, 0.1) is 17.0 Å². The predicted molar refractivity (Wildman–Crippen MR) is 101 cm³/mol. The fourth-order valence-electron chi connectivity index (χ4n) is 2.26. The Kier molecular flexibility index (Phi) is 6.24. The van der Waals surface area contributed by atoms with Crippen LogP contribution in [0.2, 0.25) is 0 Å². The number of anilines is 2. The highest BCUT2D eigenvalue weighted by atomic mass is 35.7. The maximum absolute atomic E-state index is 12.2. The molecule has 2 aromatic rings. The summed E-state index contributed by atoms with van der Waals surface area (Å²) >= 11 is 0. The van der Waals surface area contributed by atoms with Crippen LogP contribution in [-0.2, 0) is 9.05 Å². The normalized spacial score (nSPS) is 10.9. The lowest BCUT2D eigenvalue weighted by atomic mass is 10.2. The molecule has 2 rings (SSSR count). The largest absolute Gasteiger partial charge is 0.492 e. The molecule has 2 aromatic carbocycles. The molecule has 0 atom stereocenters. The third kappa shape index (κ3) is 5.31. The Bertz CT molecular complexity index is 994. The molecular weight excluding hydrogens is 398 g/mol. The second-order valence-electron chi connectivity index (χ2n) is 5.37. The first-order valence-corrected chi connectivity index (χ1v) is 9.97. The van der Waals surface area contributed by atoms with E-state index in [9.17, 15) is 23.3 Å². The highest BCUT2D eigenvalue weighted by Gasteiger charge is 2.16. The van der Waals surface area contributed by atoms with Crippen LogP contribution in [0.4, 0.5) is 21.9 Å². The molecule has 0 spiro atoms. The summed E-state index contributed by atoms with van der Waals surface area (Å²) in [5.41, 5.74) is 0.743. The molecule has 0 saturated heterocycles. The van der Waals surface area contributed by atoms with E-state index in [4.69, 9.17) is 15.4 Å². The van der Waals surface area contributed by atoms with Crippen molar-refractivity contribution in [1.29, 1.82) is 0 Å². The number of amides is 2. The van der Waals surface area contributed by atoms with E-state index in [1.807, 2.05) is 0 Å². The quantitative estimate of drug-likeness (QED) is 0.420. The van der Waals surface area contributed by atoms with Gasteiger partial charge >= 0.3 is 6.03 Å². The third-order valence-corrected chi connectivity index (χ3v) is 4.78. The van der Waals surface area contributed by atoms with Crippen LogP contribution < -0.4 is 15.4 Å². The number of nitrogens with zero attached hydrogens (tertiary/aromatic N) is 1. The van der Waals surface area contributed by atoms with E-state index >= 15 is 0 Å². The van der Waals surface area contributed by atoms with Gasteiger partial charge in [0.25, 0.3) is 14.7 Å². The molecule has 0 bridgehead atoms. The highest BCUT2D eigenvalue weighted by molar-refractivity contribution is 8.13. The number of nitrogens with one attached hydrogen (secondary N) is 2. The number of halogens is 1. The lowest BCUT2D eigenvalue weighted by Gasteiger charge is -2.13. The molecule has 9 nitrogen and oxygen atoms in total. The third-order valence-electron chi connectivity index (χ3n) is 3.43. The van der Waals surface area contributed by atoms with E-state index in [0.717, 1.165) is 0 Å². The predicted octanol–water partition coefficient (Wildman–Crippen LogP) is 3.87. The molecule has 144 valence electrons. The summed E-state index contributed by atoms with van der Waals surface area (Å²) < 4.78 is 28.4. The van der Waals surface area contributed by atoms with Crippen molar-refractivity contribution >= 4 is 42.8 Å². The van der Waals surface area contributed by atoms with E-state index in [2.05, 4.69) is 10.6 Å². The van der Waals surface area contributed by atoms with Gasteiger partial charge in [0.05, 0.1) is 22.1 Å². The van der Waals surface area contributed by atoms with Crippen LogP contribution in [0.15, 0.2) is 41.3 Å². The fourth-order valence-corrected chi connectivity index (χ4v) is 3.04. The fraction of sp³-hybridized carbons (Fsp3) is 0.188. The summed E-state index contributed by atoms with van der Waals surface area (Å²) in [5, 5.41) is 15.8. The van der Waals surface area contributed by atoms with Gasteiger partial charge in [-0.15, -0.1) is 0 Å². The number of nitro groups is 1. The molecule has 0 aliphatic carbocycles. The van der Waals surface area contributed by atoms with E-state index in [1.165, 1.54) is 36.4 Å². The van der Waals surface area contributed by atoms with Crippen molar-refractivity contribution in [3.8, 4) is 5.75 Å². The first kappa shape index (κ1) is 20.5. The van der Waals surface area contributed by atoms with Crippen LogP contribution >= 0.6 is 10.7 Å². The highest BCUT2D eigenvalue weighted by Crippen LogP contribution is 2.29. The number of nitro benzene ring substituents is 1. The zero-order valence-corrected chi connectivity index (χ0v) is 15.9. The van der Waals surface area contributed by atoms with Crippen molar-refractivity contribution in [1.82, 2.24) is 0 Å². The molecule has 0 saturated carbocycles. The molecule has 0 aromatic heterocycles. The minimum atomic E-state index is -3.99. The minimum Gasteiger partial charge on any atom is -0.492 e. The van der Waals surface area contributed by atoms with Crippen molar-refractivity contribution in [2.75, 3.05) is 17.2 Å². The lowest BCUT2D eigenvalue weighted by molar-refractivity contribution is -0.385. The molecule has 2 amide bonds. The van der Waals surface area contributed by atoms with Gasteiger partial charge in [-0.3, -0.25) is 10.1 Å². The Morgan fingerprint density at radius 1 is 1.22 bits per heavy atom. The minimum absolute atomic E-state index is 0.0698. The van der Waals surface area contributed by atoms with Crippen LogP contribution in [0.3, 0.4) is 0 Å². The maximum atomic E-state index is 12.2. The topological polar surface area (TPSA) is 128 Å². The molecule has 0 radical (unpaired) electrons. The lowest BCUT2D eigenvalue weighted by Crippen LogP contribution is -2.20. The summed E-state index contributed by atoms with van der Waals surface area (Å²) in [5.74, 6) is 0.261. The monoisotopic (exact) mass is 413 g/mol. The van der Waals surface area contributed by atoms with Crippen molar-refractivity contribution < 1.29 is 22.9 Å². The zero-order valence-electron chi connectivity index (χ0n) is 14.4. The summed E-state index contributed by atoms with van der Waals surface area (Å²) in [6, 6.07) is 7.23. The maximum Gasteiger partial charge on any atom is 0.323 e. The number of ether oxygens (including phenoxy) is 1. The number of aryl methyl sites for hydroxylation is 1. The van der Waals surface area contributed by atoms with Gasteiger partial charge in [-0.2, -0.15) is 0 Å². The number of benzene rings is 2. The van der Waals surface area contributed by atoms with Crippen LogP contribution in [-0.4, -0.2) is 26.0 Å². The van der Waals surface area contributed by atoms with Gasteiger partial charge in [-0.25, -0.2) is 13.2 Å². The first-order valence-electron chi connectivity index (χ1n) is 7.66. The van der Waals surface area contributed by atoms with E-state index in [1.54, 1.807) is 13.8 Å². The van der Waals surface area contributed by atoms with Crippen LogP contribution in [0.1, 0.15) is 12.5 Å². The van der Waals surface area contributed by atoms with Crippen LogP contribution in [0.5, 0.6) is 5.75 Å². The Hall–Kier alpha value is -2.85. The van der Waals surface area contributed by atoms with E-state index in [0.29, 0.717) is 17.9 Å². The number of carbonyl (C=O) groups is 1. The van der Waals surface area contributed by atoms with E-state index in [-0.39, 0.29) is 22.0 Å². The van der Waals surface area contributed by atoms with Crippen molar-refractivity contribution in [2.45, 2.75) is 18.7 Å². The Balaban J connectivity index is 2.24. The van der Waals surface area contributed by atoms with Gasteiger partial charge in [0.2, 0.25) is 0 Å². The van der Waals surface area contributed by atoms with Gasteiger partial charge in [0, 0.05) is 28.0 Å². The molecule has 2 N–H and O–H groups in total. The number of hydrogen-bond donors (Lipinski definition) is 2. The number of carbonyl (C=O) groups excluding carboxylic acids is 1. The average molecular weight is 414 g/mol. The SMILES string of the molecule is CCOc1ccc(S(=O)(=O)Cl)cc1NC(=O)Nc1ccc([N+](=O)[O-])c(C)c1. The zero-order chi connectivity index (χ0) is 20.2. The Labute approximate surface area is 159 Å². The molecule has 11 heteroatoms. The Morgan fingerprint density at radius 3 is 2.48 bits per heavy atom. The van der Waals surface area contributed by atoms with Gasteiger partial charge in [-0.1, -0.05) is 0 Å². The average Bonchev–Trinajstić information content (AvgIpc) is 2.55. The van der Waals surface area contributed by atoms with Gasteiger partial charge < -0.3 is 15.4 Å². The molecule has 27 heavy (non-hydrogen) atoms. The summed E-state index contributed by atoms with van der Waals surface area (Å²) in [4.78, 5) is 22.4. The summed E-state index contributed by atoms with van der Waals surface area (Å²) in [6.45, 7) is 3.57. The van der Waals surface area contributed by atoms with E-state index < -0.39 is 20.0 Å². The molecule has 0 aliphatic rings. The first-order chi connectivity index (χ1) is 12.6. The molecule has 0 unspecified atom stereocenters. The molecule has 0 fully saturated rings. The van der Waals surface area contributed by atoms with Gasteiger partial charge in [-0.05, 0) is 44.2 Å². The van der Waals surface area contributed by atoms with Gasteiger partial charge in [0.15, 0.2) is 0 Å². The van der Waals surface area contributed by atoms with Crippen molar-refractivity contribution in [3.63, 3.8) is 0 Å². The van der Waals surface area contributed by atoms with Gasteiger partial charge in [0.1, 0.15) is 5.75 Å². The number of urea groups is 1. The number of rotatable bonds is 6. The molecule has 0 aliphatic heterocycles.